The first-order valence-corrected chi connectivity index (χ1v) is 8.02. The fraction of sp³-hybridized carbons (Fsp3) is 0.625. The van der Waals surface area contributed by atoms with E-state index in [1.165, 1.54) is 45.3 Å². The first kappa shape index (κ1) is 14.5. The maximum absolute atomic E-state index is 4.29. The number of pyridine rings is 1. The van der Waals surface area contributed by atoms with E-state index in [1.807, 2.05) is 24.4 Å². The Morgan fingerprint density at radius 3 is 2.86 bits per heavy atom. The van der Waals surface area contributed by atoms with Gasteiger partial charge in [-0.2, -0.15) is 0 Å². The van der Waals surface area contributed by atoms with E-state index in [-0.39, 0.29) is 0 Å². The molecule has 21 heavy (non-hydrogen) atoms. The van der Waals surface area contributed by atoms with Gasteiger partial charge in [0.25, 0.3) is 0 Å². The highest BCUT2D eigenvalue weighted by molar-refractivity contribution is 5.36. The van der Waals surface area contributed by atoms with Crippen molar-refractivity contribution in [2.24, 2.45) is 0 Å². The predicted octanol–water partition coefficient (Wildman–Crippen LogP) is 2.04. The van der Waals surface area contributed by atoms with Crippen LogP contribution < -0.4 is 0 Å². The van der Waals surface area contributed by atoms with Crippen molar-refractivity contribution in [1.82, 2.24) is 24.4 Å². The lowest BCUT2D eigenvalue weighted by Gasteiger charge is -2.27. The molecule has 1 fully saturated rings. The Morgan fingerprint density at radius 2 is 2.00 bits per heavy atom. The van der Waals surface area contributed by atoms with Crippen molar-refractivity contribution < 1.29 is 0 Å². The summed E-state index contributed by atoms with van der Waals surface area (Å²) in [5.74, 6) is 1.02. The minimum Gasteiger partial charge on any atom is -0.303 e. The molecule has 5 heteroatoms. The lowest BCUT2D eigenvalue weighted by Crippen LogP contribution is -2.32. The maximum atomic E-state index is 4.29. The van der Waals surface area contributed by atoms with Gasteiger partial charge in [0, 0.05) is 6.20 Å². The second kappa shape index (κ2) is 7.00. The first-order valence-electron chi connectivity index (χ1n) is 8.02. The summed E-state index contributed by atoms with van der Waals surface area (Å²) in [6.45, 7) is 5.77. The minimum absolute atomic E-state index is 0.852. The van der Waals surface area contributed by atoms with E-state index in [1.54, 1.807) is 0 Å². The summed E-state index contributed by atoms with van der Waals surface area (Å²) in [5, 5.41) is 8.50. The summed E-state index contributed by atoms with van der Waals surface area (Å²) in [6.07, 6.45) is 7.43. The van der Waals surface area contributed by atoms with Crippen LogP contribution >= 0.6 is 0 Å². The zero-order valence-corrected chi connectivity index (χ0v) is 12.9. The maximum Gasteiger partial charge on any atom is 0.160 e. The third-order valence-corrected chi connectivity index (χ3v) is 4.26. The molecule has 0 saturated carbocycles. The fourth-order valence-electron chi connectivity index (χ4n) is 3.07. The van der Waals surface area contributed by atoms with Crippen molar-refractivity contribution in [3.8, 4) is 0 Å². The van der Waals surface area contributed by atoms with Crippen molar-refractivity contribution in [1.29, 1.82) is 0 Å². The molecule has 1 aliphatic rings. The van der Waals surface area contributed by atoms with Crippen molar-refractivity contribution in [3.05, 3.63) is 30.2 Å². The Balaban J connectivity index is 1.46. The van der Waals surface area contributed by atoms with Crippen molar-refractivity contribution in [3.63, 3.8) is 0 Å². The van der Waals surface area contributed by atoms with Gasteiger partial charge in [-0.3, -0.25) is 9.30 Å². The highest BCUT2D eigenvalue weighted by atomic mass is 15.3. The van der Waals surface area contributed by atoms with E-state index in [9.17, 15) is 0 Å². The SMILES string of the molecule is CN(CCCN1CCCCC1)Cc1nnc2ccccn12. The van der Waals surface area contributed by atoms with Crippen LogP contribution in [-0.4, -0.2) is 57.6 Å². The van der Waals surface area contributed by atoms with Crippen molar-refractivity contribution in [2.75, 3.05) is 33.2 Å². The standard InChI is InChI=1S/C16H25N5/c1-19(9-7-12-20-10-4-2-5-11-20)14-16-18-17-15-8-3-6-13-21(15)16/h3,6,8,13H,2,4-5,7,9-12,14H2,1H3. The molecule has 0 atom stereocenters. The number of piperidine rings is 1. The number of hydrogen-bond acceptors (Lipinski definition) is 4. The molecule has 0 radical (unpaired) electrons. The largest absolute Gasteiger partial charge is 0.303 e. The Hall–Kier alpha value is -1.46. The molecule has 1 saturated heterocycles. The van der Waals surface area contributed by atoms with Crippen LogP contribution in [0.3, 0.4) is 0 Å². The van der Waals surface area contributed by atoms with Crippen LogP contribution in [-0.2, 0) is 6.54 Å². The number of likely N-dealkylation sites (tertiary alicyclic amines) is 1. The zero-order chi connectivity index (χ0) is 14.5. The van der Waals surface area contributed by atoms with Crippen LogP contribution in [0.4, 0.5) is 0 Å². The van der Waals surface area contributed by atoms with E-state index in [0.717, 1.165) is 24.6 Å². The molecule has 3 heterocycles. The van der Waals surface area contributed by atoms with Gasteiger partial charge >= 0.3 is 0 Å². The van der Waals surface area contributed by atoms with Crippen LogP contribution in [0, 0.1) is 0 Å². The molecule has 114 valence electrons. The molecular formula is C16H25N5. The summed E-state index contributed by atoms with van der Waals surface area (Å²) >= 11 is 0. The van der Waals surface area contributed by atoms with Gasteiger partial charge in [-0.15, -0.1) is 10.2 Å². The van der Waals surface area contributed by atoms with Crippen LogP contribution in [0.1, 0.15) is 31.5 Å². The van der Waals surface area contributed by atoms with E-state index >= 15 is 0 Å². The highest BCUT2D eigenvalue weighted by Gasteiger charge is 2.11. The molecule has 1 aliphatic heterocycles. The summed E-state index contributed by atoms with van der Waals surface area (Å²) in [5.41, 5.74) is 0.925. The van der Waals surface area contributed by atoms with Crippen LogP contribution in [0.5, 0.6) is 0 Å². The number of nitrogens with zero attached hydrogens (tertiary/aromatic N) is 5. The molecule has 0 aliphatic carbocycles. The van der Waals surface area contributed by atoms with E-state index < -0.39 is 0 Å². The topological polar surface area (TPSA) is 36.7 Å². The molecule has 0 aromatic carbocycles. The van der Waals surface area contributed by atoms with Gasteiger partial charge in [0.1, 0.15) is 0 Å². The van der Waals surface area contributed by atoms with Crippen LogP contribution in [0.2, 0.25) is 0 Å². The Morgan fingerprint density at radius 1 is 1.14 bits per heavy atom. The molecule has 2 aromatic rings. The van der Waals surface area contributed by atoms with Crippen LogP contribution in [0.15, 0.2) is 24.4 Å². The van der Waals surface area contributed by atoms with E-state index in [0.29, 0.717) is 0 Å². The Kier molecular flexibility index (Phi) is 4.83. The smallest absolute Gasteiger partial charge is 0.160 e. The molecule has 2 aromatic heterocycles. The zero-order valence-electron chi connectivity index (χ0n) is 12.9. The van der Waals surface area contributed by atoms with Gasteiger partial charge in [-0.1, -0.05) is 12.5 Å². The van der Waals surface area contributed by atoms with Gasteiger partial charge in [0.2, 0.25) is 0 Å². The number of aromatic nitrogens is 3. The molecule has 3 rings (SSSR count). The number of rotatable bonds is 6. The van der Waals surface area contributed by atoms with Gasteiger partial charge in [0.05, 0.1) is 6.54 Å². The second-order valence-corrected chi connectivity index (χ2v) is 6.04. The number of fused-ring (bicyclic) bond motifs is 1. The molecular weight excluding hydrogens is 262 g/mol. The Labute approximate surface area is 126 Å². The monoisotopic (exact) mass is 287 g/mol. The van der Waals surface area contributed by atoms with Gasteiger partial charge < -0.3 is 4.90 Å². The van der Waals surface area contributed by atoms with Gasteiger partial charge in [0.15, 0.2) is 11.5 Å². The second-order valence-electron chi connectivity index (χ2n) is 6.04. The quantitative estimate of drug-likeness (QED) is 0.814. The van der Waals surface area contributed by atoms with Gasteiger partial charge in [-0.25, -0.2) is 0 Å². The van der Waals surface area contributed by atoms with Crippen LogP contribution in [0.25, 0.3) is 5.65 Å². The van der Waals surface area contributed by atoms with E-state index in [4.69, 9.17) is 0 Å². The average Bonchev–Trinajstić information content (AvgIpc) is 2.92. The van der Waals surface area contributed by atoms with Crippen molar-refractivity contribution in [2.45, 2.75) is 32.2 Å². The third-order valence-electron chi connectivity index (χ3n) is 4.26. The summed E-state index contributed by atoms with van der Waals surface area (Å²) in [7, 11) is 2.17. The molecule has 0 N–H and O–H groups in total. The molecule has 5 nitrogen and oxygen atoms in total. The highest BCUT2D eigenvalue weighted by Crippen LogP contribution is 2.09. The summed E-state index contributed by atoms with van der Waals surface area (Å²) < 4.78 is 2.07. The predicted molar refractivity (Wildman–Crippen MR) is 84.2 cm³/mol. The normalized spacial score (nSPS) is 16.9. The first-order chi connectivity index (χ1) is 10.3. The lowest BCUT2D eigenvalue weighted by molar-refractivity contribution is 0.209. The van der Waals surface area contributed by atoms with E-state index in [2.05, 4.69) is 31.4 Å². The van der Waals surface area contributed by atoms with Gasteiger partial charge in [-0.05, 0) is 64.6 Å². The lowest BCUT2D eigenvalue weighted by atomic mass is 10.1. The molecule has 0 amide bonds. The fourth-order valence-corrected chi connectivity index (χ4v) is 3.07. The Bertz CT molecular complexity index is 559. The molecule has 0 bridgehead atoms. The average molecular weight is 287 g/mol. The number of hydrogen-bond donors (Lipinski definition) is 0. The third kappa shape index (κ3) is 3.80. The van der Waals surface area contributed by atoms with Crippen molar-refractivity contribution >= 4 is 5.65 Å². The molecule has 0 unspecified atom stereocenters. The minimum atomic E-state index is 0.852. The molecule has 0 spiro atoms. The summed E-state index contributed by atoms with van der Waals surface area (Å²) in [6, 6.07) is 6.01. The summed E-state index contributed by atoms with van der Waals surface area (Å²) in [4.78, 5) is 4.94.